The number of nitrogens with zero attached hydrogens (tertiary/aromatic N) is 3. The summed E-state index contributed by atoms with van der Waals surface area (Å²) < 4.78 is 10.3. The van der Waals surface area contributed by atoms with Crippen molar-refractivity contribution in [1.29, 1.82) is 0 Å². The molecule has 2 aliphatic heterocycles. The van der Waals surface area contributed by atoms with Gasteiger partial charge in [-0.25, -0.2) is 9.78 Å². The molecule has 29 heavy (non-hydrogen) atoms. The Labute approximate surface area is 170 Å². The number of methoxy groups -OCH3 is 1. The Morgan fingerprint density at radius 2 is 1.90 bits per heavy atom. The van der Waals surface area contributed by atoms with E-state index < -0.39 is 6.09 Å². The molecule has 1 aromatic carbocycles. The number of amides is 2. The summed E-state index contributed by atoms with van der Waals surface area (Å²) in [6.07, 6.45) is -0.420. The highest BCUT2D eigenvalue weighted by atomic mass is 16.6. The lowest BCUT2D eigenvalue weighted by Crippen LogP contribution is -2.27. The first-order valence-electron chi connectivity index (χ1n) is 9.70. The molecule has 1 fully saturated rings. The molecule has 1 saturated heterocycles. The first-order valence-corrected chi connectivity index (χ1v) is 9.70. The van der Waals surface area contributed by atoms with E-state index in [0.29, 0.717) is 49.2 Å². The summed E-state index contributed by atoms with van der Waals surface area (Å²) in [6, 6.07) is 8.99. The highest BCUT2D eigenvalue weighted by Gasteiger charge is 2.33. The summed E-state index contributed by atoms with van der Waals surface area (Å²) in [4.78, 5) is 32.4. The molecule has 0 spiro atoms. The molecule has 0 aliphatic carbocycles. The van der Waals surface area contributed by atoms with E-state index in [1.807, 2.05) is 27.0 Å². The molecule has 2 aliphatic rings. The summed E-state index contributed by atoms with van der Waals surface area (Å²) in [5.74, 6) is 1.50. The third kappa shape index (κ3) is 3.88. The molecule has 2 amide bonds. The molecule has 1 N–H and O–H groups in total. The number of nitrogens with one attached hydrogen (secondary N) is 1. The fourth-order valence-corrected chi connectivity index (χ4v) is 3.42. The van der Waals surface area contributed by atoms with Gasteiger partial charge in [-0.05, 0) is 42.4 Å². The van der Waals surface area contributed by atoms with Crippen molar-refractivity contribution in [3.63, 3.8) is 0 Å². The smallest absolute Gasteiger partial charge is 0.415 e. The van der Waals surface area contributed by atoms with Crippen LogP contribution in [-0.2, 0) is 17.8 Å². The molecule has 0 radical (unpaired) electrons. The van der Waals surface area contributed by atoms with Gasteiger partial charge in [0.25, 0.3) is 5.91 Å². The number of cyclic esters (lactones) is 1. The van der Waals surface area contributed by atoms with Gasteiger partial charge in [0.05, 0.1) is 20.2 Å². The van der Waals surface area contributed by atoms with E-state index in [2.05, 4.69) is 10.3 Å². The van der Waals surface area contributed by atoms with Crippen molar-refractivity contribution in [2.24, 2.45) is 0 Å². The fraction of sp³-hybridized carbons (Fsp3) is 0.381. The van der Waals surface area contributed by atoms with Gasteiger partial charge < -0.3 is 14.8 Å². The average molecular weight is 398 g/mol. The van der Waals surface area contributed by atoms with Gasteiger partial charge in [0.15, 0.2) is 0 Å². The van der Waals surface area contributed by atoms with Crippen LogP contribution >= 0.6 is 0 Å². The molecular formula is C21H26N4O4. The molecule has 0 saturated carbocycles. The van der Waals surface area contributed by atoms with E-state index in [-0.39, 0.29) is 5.91 Å². The molecule has 0 bridgehead atoms. The van der Waals surface area contributed by atoms with E-state index in [1.54, 1.807) is 36.3 Å². The molecular weight excluding hydrogens is 372 g/mol. The standard InChI is InChI=1S/C19H20N4O4.C2H6/c1-20-10-12-8-13(26-2)9-14-15(12)11-23(18(14)24)17-5-3-4-16(21-17)22-6-7-27-19(22)25;1-2/h3-5,8-9,20H,6-7,10-11H2,1-2H3;1-2H3. The second-order valence-corrected chi connectivity index (χ2v) is 6.35. The predicted molar refractivity (Wildman–Crippen MR) is 111 cm³/mol. The van der Waals surface area contributed by atoms with Crippen LogP contribution in [0.4, 0.5) is 16.4 Å². The zero-order valence-electron chi connectivity index (χ0n) is 17.2. The summed E-state index contributed by atoms with van der Waals surface area (Å²) in [7, 11) is 3.45. The van der Waals surface area contributed by atoms with Gasteiger partial charge in [0, 0.05) is 12.1 Å². The lowest BCUT2D eigenvalue weighted by atomic mass is 10.0. The quantitative estimate of drug-likeness (QED) is 0.834. The van der Waals surface area contributed by atoms with Crippen LogP contribution in [0.3, 0.4) is 0 Å². The van der Waals surface area contributed by atoms with Crippen LogP contribution in [-0.4, -0.2) is 44.3 Å². The summed E-state index contributed by atoms with van der Waals surface area (Å²) in [6.45, 7) is 5.85. The third-order valence-electron chi connectivity index (χ3n) is 4.74. The largest absolute Gasteiger partial charge is 0.497 e. The summed E-state index contributed by atoms with van der Waals surface area (Å²) in [5.41, 5.74) is 2.59. The number of hydrogen-bond donors (Lipinski definition) is 1. The number of benzene rings is 1. The van der Waals surface area contributed by atoms with Crippen LogP contribution in [0.5, 0.6) is 5.75 Å². The zero-order valence-corrected chi connectivity index (χ0v) is 17.2. The minimum Gasteiger partial charge on any atom is -0.497 e. The number of hydrogen-bond acceptors (Lipinski definition) is 6. The van der Waals surface area contributed by atoms with Crippen molar-refractivity contribution < 1.29 is 19.1 Å². The van der Waals surface area contributed by atoms with Crippen LogP contribution in [0.15, 0.2) is 30.3 Å². The van der Waals surface area contributed by atoms with Crippen LogP contribution in [0.25, 0.3) is 0 Å². The number of carbonyl (C=O) groups excluding carboxylic acids is 2. The lowest BCUT2D eigenvalue weighted by Gasteiger charge is -2.18. The van der Waals surface area contributed by atoms with E-state index in [9.17, 15) is 9.59 Å². The molecule has 0 unspecified atom stereocenters. The maximum Gasteiger partial charge on any atom is 0.415 e. The van der Waals surface area contributed by atoms with Crippen molar-refractivity contribution in [3.8, 4) is 5.75 Å². The average Bonchev–Trinajstić information content (AvgIpc) is 3.33. The second-order valence-electron chi connectivity index (χ2n) is 6.35. The molecule has 2 aromatic rings. The number of anilines is 2. The van der Waals surface area contributed by atoms with Gasteiger partial charge in [-0.1, -0.05) is 19.9 Å². The molecule has 3 heterocycles. The van der Waals surface area contributed by atoms with Crippen molar-refractivity contribution in [3.05, 3.63) is 47.0 Å². The third-order valence-corrected chi connectivity index (χ3v) is 4.74. The Balaban J connectivity index is 0.00000117. The monoisotopic (exact) mass is 398 g/mol. The Morgan fingerprint density at radius 3 is 2.52 bits per heavy atom. The molecule has 8 heteroatoms. The van der Waals surface area contributed by atoms with Gasteiger partial charge in [0.1, 0.15) is 24.0 Å². The number of carbonyl (C=O) groups is 2. The van der Waals surface area contributed by atoms with Crippen molar-refractivity contribution in [2.45, 2.75) is 26.9 Å². The Hall–Kier alpha value is -3.13. The topological polar surface area (TPSA) is 84.0 Å². The second kappa shape index (κ2) is 8.91. The number of pyridine rings is 1. The number of ether oxygens (including phenoxy) is 2. The molecule has 154 valence electrons. The van der Waals surface area contributed by atoms with Gasteiger partial charge >= 0.3 is 6.09 Å². The zero-order chi connectivity index (χ0) is 21.0. The van der Waals surface area contributed by atoms with Crippen molar-refractivity contribution in [1.82, 2.24) is 10.3 Å². The summed E-state index contributed by atoms with van der Waals surface area (Å²) in [5, 5.41) is 3.13. The Bertz CT molecular complexity index is 916. The van der Waals surface area contributed by atoms with Gasteiger partial charge in [0.2, 0.25) is 0 Å². The SMILES string of the molecule is CC.CNCc1cc(OC)cc2c1CN(c1cccc(N3CCOC3=O)n1)C2=O. The normalized spacial score (nSPS) is 15.0. The van der Waals surface area contributed by atoms with Gasteiger partial charge in [-0.3, -0.25) is 14.6 Å². The molecule has 1 aromatic heterocycles. The van der Waals surface area contributed by atoms with E-state index in [0.717, 1.165) is 11.1 Å². The van der Waals surface area contributed by atoms with Crippen LogP contribution in [0.1, 0.15) is 35.3 Å². The van der Waals surface area contributed by atoms with Crippen molar-refractivity contribution >= 4 is 23.6 Å². The van der Waals surface area contributed by atoms with E-state index >= 15 is 0 Å². The van der Waals surface area contributed by atoms with E-state index in [4.69, 9.17) is 9.47 Å². The fourth-order valence-electron chi connectivity index (χ4n) is 3.42. The van der Waals surface area contributed by atoms with Crippen molar-refractivity contribution in [2.75, 3.05) is 37.1 Å². The predicted octanol–water partition coefficient (Wildman–Crippen LogP) is 2.95. The lowest BCUT2D eigenvalue weighted by molar-refractivity contribution is 0.0995. The first-order chi connectivity index (χ1) is 14.1. The first kappa shape index (κ1) is 20.6. The maximum absolute atomic E-state index is 13.0. The highest BCUT2D eigenvalue weighted by Crippen LogP contribution is 2.33. The van der Waals surface area contributed by atoms with Crippen LogP contribution in [0.2, 0.25) is 0 Å². The molecule has 8 nitrogen and oxygen atoms in total. The highest BCUT2D eigenvalue weighted by molar-refractivity contribution is 6.10. The molecule has 0 atom stereocenters. The van der Waals surface area contributed by atoms with Gasteiger partial charge in [-0.2, -0.15) is 0 Å². The minimum absolute atomic E-state index is 0.130. The van der Waals surface area contributed by atoms with Gasteiger partial charge in [-0.15, -0.1) is 0 Å². The Kier molecular flexibility index (Phi) is 6.33. The van der Waals surface area contributed by atoms with Crippen LogP contribution in [0, 0.1) is 0 Å². The maximum atomic E-state index is 13.0. The molecule has 4 rings (SSSR count). The minimum atomic E-state index is -0.420. The van der Waals surface area contributed by atoms with Crippen LogP contribution < -0.4 is 19.9 Å². The Morgan fingerprint density at radius 1 is 1.17 bits per heavy atom. The summed E-state index contributed by atoms with van der Waals surface area (Å²) >= 11 is 0. The number of rotatable bonds is 5. The number of aromatic nitrogens is 1. The number of fused-ring (bicyclic) bond motifs is 1. The van der Waals surface area contributed by atoms with E-state index in [1.165, 1.54) is 4.90 Å².